The first-order valence-electron chi connectivity index (χ1n) is 6.58. The van der Waals surface area contributed by atoms with Crippen LogP contribution in [0.1, 0.15) is 30.4 Å². The molecule has 112 valence electrons. The molecule has 0 aliphatic rings. The van der Waals surface area contributed by atoms with Gasteiger partial charge in [-0.05, 0) is 39.0 Å². The third-order valence-corrected chi connectivity index (χ3v) is 3.87. The van der Waals surface area contributed by atoms with Gasteiger partial charge in [0.25, 0.3) is 5.91 Å². The predicted molar refractivity (Wildman–Crippen MR) is 79.9 cm³/mol. The van der Waals surface area contributed by atoms with Gasteiger partial charge in [0, 0.05) is 16.1 Å². The maximum absolute atomic E-state index is 13.6. The van der Waals surface area contributed by atoms with Crippen LogP contribution in [0.4, 0.5) is 4.39 Å². The molecule has 1 aromatic carbocycles. The molecular weight excluding hydrogens is 293 g/mol. The number of thiophene rings is 1. The Morgan fingerprint density at radius 2 is 2.00 bits per heavy atom. The molecule has 0 radical (unpaired) electrons. The van der Waals surface area contributed by atoms with Crippen molar-refractivity contribution in [3.05, 3.63) is 35.0 Å². The molecule has 1 aromatic heterocycles. The number of fused-ring (bicyclic) bond motifs is 1. The standard InChI is InChI=1S/C15H16FNO3S/c1-8(2)17-14(18)9(3)20-15(19)13-7-10-11(16)5-4-6-12(10)21-13/h4-9H,1-3H3,(H,17,18)/t9-/m0/s1. The number of carbonyl (C=O) groups is 2. The highest BCUT2D eigenvalue weighted by atomic mass is 32.1. The van der Waals surface area contributed by atoms with Gasteiger partial charge in [-0.1, -0.05) is 6.07 Å². The van der Waals surface area contributed by atoms with Crippen molar-refractivity contribution in [2.24, 2.45) is 0 Å². The molecule has 0 aliphatic carbocycles. The Balaban J connectivity index is 2.12. The van der Waals surface area contributed by atoms with E-state index < -0.39 is 12.1 Å². The molecule has 0 bridgehead atoms. The number of benzene rings is 1. The van der Waals surface area contributed by atoms with Gasteiger partial charge < -0.3 is 10.1 Å². The fourth-order valence-corrected chi connectivity index (χ4v) is 2.76. The first-order valence-corrected chi connectivity index (χ1v) is 7.39. The average molecular weight is 309 g/mol. The zero-order chi connectivity index (χ0) is 15.6. The van der Waals surface area contributed by atoms with Crippen LogP contribution in [0.2, 0.25) is 0 Å². The minimum Gasteiger partial charge on any atom is -0.448 e. The van der Waals surface area contributed by atoms with Gasteiger partial charge >= 0.3 is 5.97 Å². The van der Waals surface area contributed by atoms with Crippen molar-refractivity contribution in [3.63, 3.8) is 0 Å². The van der Waals surface area contributed by atoms with E-state index in [0.717, 1.165) is 11.3 Å². The van der Waals surface area contributed by atoms with Crippen molar-refractivity contribution in [1.29, 1.82) is 0 Å². The molecule has 2 aromatic rings. The summed E-state index contributed by atoms with van der Waals surface area (Å²) in [6, 6.07) is 6.07. The second-order valence-electron chi connectivity index (χ2n) is 4.97. The molecule has 1 amide bonds. The van der Waals surface area contributed by atoms with Crippen LogP contribution in [0, 0.1) is 5.82 Å². The Bertz CT molecular complexity index is 681. The van der Waals surface area contributed by atoms with Crippen LogP contribution in [0.3, 0.4) is 0 Å². The van der Waals surface area contributed by atoms with Crippen molar-refractivity contribution >= 4 is 33.3 Å². The number of hydrogen-bond donors (Lipinski definition) is 1. The zero-order valence-electron chi connectivity index (χ0n) is 12.0. The van der Waals surface area contributed by atoms with E-state index >= 15 is 0 Å². The maximum atomic E-state index is 13.6. The number of rotatable bonds is 4. The van der Waals surface area contributed by atoms with Gasteiger partial charge in [-0.3, -0.25) is 4.79 Å². The molecule has 21 heavy (non-hydrogen) atoms. The van der Waals surface area contributed by atoms with Crippen molar-refractivity contribution in [2.45, 2.75) is 32.9 Å². The van der Waals surface area contributed by atoms with Crippen LogP contribution in [0.5, 0.6) is 0 Å². The van der Waals surface area contributed by atoms with Crippen LogP contribution < -0.4 is 5.32 Å². The molecular formula is C15H16FNO3S. The Labute approximate surface area is 125 Å². The maximum Gasteiger partial charge on any atom is 0.349 e. The molecule has 0 fully saturated rings. The third kappa shape index (κ3) is 3.58. The highest BCUT2D eigenvalue weighted by molar-refractivity contribution is 7.20. The minimum atomic E-state index is -0.894. The molecule has 6 heteroatoms. The smallest absolute Gasteiger partial charge is 0.349 e. The normalized spacial score (nSPS) is 12.4. The summed E-state index contributed by atoms with van der Waals surface area (Å²) in [7, 11) is 0. The second-order valence-corrected chi connectivity index (χ2v) is 6.06. The topological polar surface area (TPSA) is 55.4 Å². The first kappa shape index (κ1) is 15.4. The van der Waals surface area contributed by atoms with Crippen molar-refractivity contribution in [1.82, 2.24) is 5.32 Å². The van der Waals surface area contributed by atoms with Gasteiger partial charge in [-0.25, -0.2) is 9.18 Å². The Hall–Kier alpha value is -1.95. The molecule has 0 spiro atoms. The lowest BCUT2D eigenvalue weighted by atomic mass is 10.2. The summed E-state index contributed by atoms with van der Waals surface area (Å²) >= 11 is 1.14. The number of ether oxygens (including phenoxy) is 1. The van der Waals surface area contributed by atoms with Crippen LogP contribution in [0.25, 0.3) is 10.1 Å². The number of amides is 1. The average Bonchev–Trinajstić information content (AvgIpc) is 2.83. The minimum absolute atomic E-state index is 0.0305. The molecule has 1 heterocycles. The summed E-state index contributed by atoms with van der Waals surface area (Å²) in [5.74, 6) is -1.36. The molecule has 0 aliphatic heterocycles. The fourth-order valence-electron chi connectivity index (χ4n) is 1.80. The van der Waals surface area contributed by atoms with Crippen molar-refractivity contribution in [3.8, 4) is 0 Å². The largest absolute Gasteiger partial charge is 0.448 e. The summed E-state index contributed by atoms with van der Waals surface area (Å²) in [6.45, 7) is 5.14. The summed E-state index contributed by atoms with van der Waals surface area (Å²) in [5, 5.41) is 3.05. The quantitative estimate of drug-likeness (QED) is 0.883. The summed E-state index contributed by atoms with van der Waals surface area (Å²) in [4.78, 5) is 24.0. The Morgan fingerprint density at radius 1 is 1.29 bits per heavy atom. The summed E-state index contributed by atoms with van der Waals surface area (Å²) in [5.41, 5.74) is 0. The number of carbonyl (C=O) groups excluding carboxylic acids is 2. The summed E-state index contributed by atoms with van der Waals surface area (Å²) in [6.07, 6.45) is -0.894. The monoisotopic (exact) mass is 309 g/mol. The highest BCUT2D eigenvalue weighted by Gasteiger charge is 2.21. The van der Waals surface area contributed by atoms with Gasteiger partial charge in [0.2, 0.25) is 0 Å². The molecule has 0 saturated carbocycles. The molecule has 2 rings (SSSR count). The lowest BCUT2D eigenvalue weighted by molar-refractivity contribution is -0.129. The van der Waals surface area contributed by atoms with Crippen LogP contribution in [-0.4, -0.2) is 24.0 Å². The van der Waals surface area contributed by atoms with E-state index in [1.807, 2.05) is 13.8 Å². The first-order chi connectivity index (χ1) is 9.88. The molecule has 1 atom stereocenters. The lowest BCUT2D eigenvalue weighted by Crippen LogP contribution is -2.39. The van der Waals surface area contributed by atoms with Crippen molar-refractivity contribution in [2.75, 3.05) is 0 Å². The van der Waals surface area contributed by atoms with Gasteiger partial charge in [0.1, 0.15) is 10.7 Å². The molecule has 0 saturated heterocycles. The van der Waals surface area contributed by atoms with Gasteiger partial charge in [-0.2, -0.15) is 0 Å². The zero-order valence-corrected chi connectivity index (χ0v) is 12.8. The number of esters is 1. The van der Waals surface area contributed by atoms with E-state index in [1.165, 1.54) is 19.1 Å². The van der Waals surface area contributed by atoms with Gasteiger partial charge in [0.05, 0.1) is 0 Å². The van der Waals surface area contributed by atoms with Crippen LogP contribution in [-0.2, 0) is 9.53 Å². The fraction of sp³-hybridized carbons (Fsp3) is 0.333. The van der Waals surface area contributed by atoms with Crippen LogP contribution >= 0.6 is 11.3 Å². The van der Waals surface area contributed by atoms with E-state index in [0.29, 0.717) is 10.1 Å². The highest BCUT2D eigenvalue weighted by Crippen LogP contribution is 2.28. The molecule has 0 unspecified atom stereocenters. The van der Waals surface area contributed by atoms with E-state index in [9.17, 15) is 14.0 Å². The van der Waals surface area contributed by atoms with Crippen molar-refractivity contribution < 1.29 is 18.7 Å². The number of halogens is 1. The SMILES string of the molecule is CC(C)NC(=O)[C@H](C)OC(=O)c1cc2c(F)cccc2s1. The second kappa shape index (κ2) is 6.22. The molecule has 1 N–H and O–H groups in total. The predicted octanol–water partition coefficient (Wildman–Crippen LogP) is 3.11. The Kier molecular flexibility index (Phi) is 4.57. The molecule has 4 nitrogen and oxygen atoms in total. The van der Waals surface area contributed by atoms with Gasteiger partial charge in [0.15, 0.2) is 6.10 Å². The van der Waals surface area contributed by atoms with Crippen LogP contribution in [0.15, 0.2) is 24.3 Å². The van der Waals surface area contributed by atoms with E-state index in [1.54, 1.807) is 12.1 Å². The number of nitrogens with one attached hydrogen (secondary N) is 1. The number of hydrogen-bond acceptors (Lipinski definition) is 4. The van der Waals surface area contributed by atoms with Gasteiger partial charge in [-0.15, -0.1) is 11.3 Å². The third-order valence-electron chi connectivity index (χ3n) is 2.79. The lowest BCUT2D eigenvalue weighted by Gasteiger charge is -2.14. The summed E-state index contributed by atoms with van der Waals surface area (Å²) < 4.78 is 19.4. The Morgan fingerprint density at radius 3 is 2.62 bits per heavy atom. The van der Waals surface area contributed by atoms with E-state index in [4.69, 9.17) is 4.74 Å². The van der Waals surface area contributed by atoms with E-state index in [-0.39, 0.29) is 22.6 Å². The van der Waals surface area contributed by atoms with E-state index in [2.05, 4.69) is 5.32 Å².